The van der Waals surface area contributed by atoms with Gasteiger partial charge in [0.2, 0.25) is 0 Å². The minimum absolute atomic E-state index is 0.0487. The van der Waals surface area contributed by atoms with Gasteiger partial charge < -0.3 is 4.74 Å². The fraction of sp³-hybridized carbons (Fsp3) is 0.800. The van der Waals surface area contributed by atoms with Gasteiger partial charge >= 0.3 is 5.97 Å². The fourth-order valence-electron chi connectivity index (χ4n) is 0.929. The highest BCUT2D eigenvalue weighted by molar-refractivity contribution is 6.01. The molecule has 0 heterocycles. The Morgan fingerprint density at radius 1 is 1.21 bits per heavy atom. The summed E-state index contributed by atoms with van der Waals surface area (Å²) in [5.74, 6) is -1.73. The van der Waals surface area contributed by atoms with Gasteiger partial charge in [0.15, 0.2) is 5.78 Å². The second kappa shape index (κ2) is 5.73. The smallest absolute Gasteiger partial charge is 0.348 e. The predicted octanol–water partition coefficient (Wildman–Crippen LogP) is 1.89. The molecule has 0 aromatic heterocycles. The molecule has 0 saturated carbocycles. The van der Waals surface area contributed by atoms with Gasteiger partial charge in [-0.15, -0.1) is 0 Å². The average Bonchev–Trinajstić information content (AvgIpc) is 2.00. The lowest BCUT2D eigenvalue weighted by molar-refractivity contribution is -0.156. The molecule has 14 heavy (non-hydrogen) atoms. The van der Waals surface area contributed by atoms with Gasteiger partial charge in [0, 0.05) is 6.42 Å². The molecule has 0 fully saturated rings. The summed E-state index contributed by atoms with van der Waals surface area (Å²) in [6.07, 6.45) is -2.46. The van der Waals surface area contributed by atoms with Crippen molar-refractivity contribution < 1.29 is 18.7 Å². The summed E-state index contributed by atoms with van der Waals surface area (Å²) in [5, 5.41) is 0. The number of ether oxygens (including phenoxy) is 1. The standard InChI is InChI=1S/C10H17FO3/c1-6(2)5-8(12)9(11)10(13)14-7(3)4/h6-7,9H,5H2,1-4H3. The number of hydrogen-bond donors (Lipinski definition) is 0. The molecule has 0 spiro atoms. The minimum atomic E-state index is -2.13. The van der Waals surface area contributed by atoms with Crippen molar-refractivity contribution in [1.82, 2.24) is 0 Å². The summed E-state index contributed by atoms with van der Waals surface area (Å²) < 4.78 is 17.7. The molecule has 0 N–H and O–H groups in total. The molecule has 0 aromatic rings. The van der Waals surface area contributed by atoms with Crippen molar-refractivity contribution in [2.24, 2.45) is 5.92 Å². The van der Waals surface area contributed by atoms with E-state index >= 15 is 0 Å². The van der Waals surface area contributed by atoms with Gasteiger partial charge in [-0.25, -0.2) is 9.18 Å². The van der Waals surface area contributed by atoms with Crippen LogP contribution in [0.4, 0.5) is 4.39 Å². The number of halogens is 1. The van der Waals surface area contributed by atoms with Crippen LogP contribution < -0.4 is 0 Å². The number of rotatable bonds is 5. The molecule has 0 radical (unpaired) electrons. The van der Waals surface area contributed by atoms with Crippen LogP contribution in [0.3, 0.4) is 0 Å². The third-order valence-electron chi connectivity index (χ3n) is 1.45. The topological polar surface area (TPSA) is 43.4 Å². The first-order valence-electron chi connectivity index (χ1n) is 4.71. The third-order valence-corrected chi connectivity index (χ3v) is 1.45. The van der Waals surface area contributed by atoms with Gasteiger partial charge in [-0.1, -0.05) is 13.8 Å². The van der Waals surface area contributed by atoms with Gasteiger partial charge in [0.1, 0.15) is 0 Å². The Hall–Kier alpha value is -0.930. The molecule has 0 bridgehead atoms. The Bertz CT molecular complexity index is 189. The fourth-order valence-corrected chi connectivity index (χ4v) is 0.929. The van der Waals surface area contributed by atoms with Gasteiger partial charge in [-0.2, -0.15) is 0 Å². The third kappa shape index (κ3) is 4.94. The van der Waals surface area contributed by atoms with Crippen LogP contribution in [0, 0.1) is 5.92 Å². The van der Waals surface area contributed by atoms with Crippen LogP contribution in [0.25, 0.3) is 0 Å². The highest BCUT2D eigenvalue weighted by Gasteiger charge is 2.28. The molecule has 0 aliphatic heterocycles. The first-order valence-corrected chi connectivity index (χ1v) is 4.71. The van der Waals surface area contributed by atoms with E-state index in [2.05, 4.69) is 4.74 Å². The monoisotopic (exact) mass is 204 g/mol. The molecule has 0 saturated heterocycles. The number of carbonyl (C=O) groups is 2. The van der Waals surface area contributed by atoms with Crippen molar-refractivity contribution in [3.05, 3.63) is 0 Å². The SMILES string of the molecule is CC(C)CC(=O)C(F)C(=O)OC(C)C. The molecular weight excluding hydrogens is 187 g/mol. The van der Waals surface area contributed by atoms with E-state index in [4.69, 9.17) is 0 Å². The molecule has 0 aliphatic carbocycles. The molecule has 0 aliphatic rings. The maximum atomic E-state index is 13.1. The van der Waals surface area contributed by atoms with E-state index < -0.39 is 24.0 Å². The van der Waals surface area contributed by atoms with Gasteiger partial charge in [0.25, 0.3) is 6.17 Å². The molecule has 0 amide bonds. The highest BCUT2D eigenvalue weighted by atomic mass is 19.1. The zero-order chi connectivity index (χ0) is 11.3. The van der Waals surface area contributed by atoms with E-state index in [-0.39, 0.29) is 12.3 Å². The number of carbonyl (C=O) groups excluding carboxylic acids is 2. The van der Waals surface area contributed by atoms with E-state index in [1.54, 1.807) is 27.7 Å². The molecule has 1 atom stereocenters. The Kier molecular flexibility index (Phi) is 5.35. The molecule has 4 heteroatoms. The number of ketones is 1. The number of Topliss-reactive ketones (excluding diaryl/α,β-unsaturated/α-hetero) is 1. The molecule has 0 aromatic carbocycles. The van der Waals surface area contributed by atoms with Crippen LogP contribution in [0.2, 0.25) is 0 Å². The van der Waals surface area contributed by atoms with Gasteiger partial charge in [-0.3, -0.25) is 4.79 Å². The van der Waals surface area contributed by atoms with Crippen LogP contribution in [0.15, 0.2) is 0 Å². The number of alkyl halides is 1. The van der Waals surface area contributed by atoms with E-state index in [1.165, 1.54) is 0 Å². The van der Waals surface area contributed by atoms with Crippen LogP contribution in [-0.4, -0.2) is 24.0 Å². The maximum Gasteiger partial charge on any atom is 0.348 e. The van der Waals surface area contributed by atoms with E-state index in [0.717, 1.165) is 0 Å². The summed E-state index contributed by atoms with van der Waals surface area (Å²) in [6.45, 7) is 6.80. The quantitative estimate of drug-likeness (QED) is 0.507. The molecule has 82 valence electrons. The van der Waals surface area contributed by atoms with Gasteiger partial charge in [-0.05, 0) is 19.8 Å². The van der Waals surface area contributed by atoms with Crippen molar-refractivity contribution >= 4 is 11.8 Å². The van der Waals surface area contributed by atoms with E-state index in [9.17, 15) is 14.0 Å². The van der Waals surface area contributed by atoms with Crippen molar-refractivity contribution in [3.63, 3.8) is 0 Å². The second-order valence-corrected chi connectivity index (χ2v) is 3.91. The zero-order valence-electron chi connectivity index (χ0n) is 9.04. The van der Waals surface area contributed by atoms with Crippen molar-refractivity contribution in [2.45, 2.75) is 46.4 Å². The van der Waals surface area contributed by atoms with E-state index in [0.29, 0.717) is 0 Å². The highest BCUT2D eigenvalue weighted by Crippen LogP contribution is 2.08. The number of hydrogen-bond acceptors (Lipinski definition) is 3. The van der Waals surface area contributed by atoms with Gasteiger partial charge in [0.05, 0.1) is 6.10 Å². The van der Waals surface area contributed by atoms with Crippen LogP contribution >= 0.6 is 0 Å². The first kappa shape index (κ1) is 13.1. The lowest BCUT2D eigenvalue weighted by Crippen LogP contribution is -2.30. The summed E-state index contributed by atoms with van der Waals surface area (Å²) >= 11 is 0. The molecule has 0 rings (SSSR count). The van der Waals surface area contributed by atoms with Crippen LogP contribution in [0.5, 0.6) is 0 Å². The van der Waals surface area contributed by atoms with Crippen LogP contribution in [0.1, 0.15) is 34.1 Å². The largest absolute Gasteiger partial charge is 0.460 e. The van der Waals surface area contributed by atoms with Crippen LogP contribution in [-0.2, 0) is 14.3 Å². The van der Waals surface area contributed by atoms with Crippen molar-refractivity contribution in [1.29, 1.82) is 0 Å². The Morgan fingerprint density at radius 2 is 1.71 bits per heavy atom. The molecule has 3 nitrogen and oxygen atoms in total. The summed E-state index contributed by atoms with van der Waals surface area (Å²) in [5.41, 5.74) is 0. The maximum absolute atomic E-state index is 13.1. The second-order valence-electron chi connectivity index (χ2n) is 3.91. The molecular formula is C10H17FO3. The van der Waals surface area contributed by atoms with Crippen molar-refractivity contribution in [3.8, 4) is 0 Å². The van der Waals surface area contributed by atoms with E-state index in [1.807, 2.05) is 0 Å². The summed E-state index contributed by atoms with van der Waals surface area (Å²) in [6, 6.07) is 0. The summed E-state index contributed by atoms with van der Waals surface area (Å²) in [7, 11) is 0. The first-order chi connectivity index (χ1) is 6.34. The number of esters is 1. The predicted molar refractivity (Wildman–Crippen MR) is 50.6 cm³/mol. The molecule has 1 unspecified atom stereocenters. The lowest BCUT2D eigenvalue weighted by Gasteiger charge is -2.11. The summed E-state index contributed by atoms with van der Waals surface area (Å²) in [4.78, 5) is 22.1. The zero-order valence-corrected chi connectivity index (χ0v) is 9.04. The normalized spacial score (nSPS) is 13.1. The minimum Gasteiger partial charge on any atom is -0.460 e. The Morgan fingerprint density at radius 3 is 2.07 bits per heavy atom. The lowest BCUT2D eigenvalue weighted by atomic mass is 10.0. The Balaban J connectivity index is 4.11. The average molecular weight is 204 g/mol. The Labute approximate surface area is 83.6 Å². The van der Waals surface area contributed by atoms with Crippen molar-refractivity contribution in [2.75, 3.05) is 0 Å².